The topological polar surface area (TPSA) is 24.9 Å². The summed E-state index contributed by atoms with van der Waals surface area (Å²) in [6, 6.07) is 3.44. The van der Waals surface area contributed by atoms with E-state index in [1.165, 1.54) is 0 Å². The first-order valence-corrected chi connectivity index (χ1v) is 3.51. The highest BCUT2D eigenvalue weighted by Crippen LogP contribution is 2.02. The van der Waals surface area contributed by atoms with Crippen LogP contribution in [0.5, 0.6) is 0 Å². The second kappa shape index (κ2) is 4.03. The zero-order chi connectivity index (χ0) is 8.10. The van der Waals surface area contributed by atoms with Crippen LogP contribution in [0.15, 0.2) is 18.3 Å². The van der Waals surface area contributed by atoms with Crippen LogP contribution < -0.4 is 5.32 Å². The lowest BCUT2D eigenvalue weighted by atomic mass is 10.2. The van der Waals surface area contributed by atoms with Gasteiger partial charge in [-0.05, 0) is 24.7 Å². The third-order valence-electron chi connectivity index (χ3n) is 1.39. The van der Waals surface area contributed by atoms with Crippen LogP contribution in [0, 0.1) is 0 Å². The molecule has 0 saturated carbocycles. The first kappa shape index (κ1) is 8.14. The van der Waals surface area contributed by atoms with E-state index in [2.05, 4.69) is 10.3 Å². The number of halogens is 1. The van der Waals surface area contributed by atoms with Crippen LogP contribution >= 0.6 is 0 Å². The summed E-state index contributed by atoms with van der Waals surface area (Å²) in [6.45, 7) is 0.271. The molecular formula is C8H11FN2. The maximum atomic E-state index is 12.1. The van der Waals surface area contributed by atoms with E-state index in [4.69, 9.17) is 0 Å². The van der Waals surface area contributed by atoms with Crippen molar-refractivity contribution in [2.75, 3.05) is 7.05 Å². The Morgan fingerprint density at radius 3 is 3.09 bits per heavy atom. The number of alkyl halides is 1. The van der Waals surface area contributed by atoms with Crippen LogP contribution in [0.2, 0.25) is 0 Å². The largest absolute Gasteiger partial charge is 0.314 e. The molecule has 0 amide bonds. The number of hydrogen-bond donors (Lipinski definition) is 1. The average Bonchev–Trinajstić information content (AvgIpc) is 2.06. The van der Waals surface area contributed by atoms with Crippen LogP contribution in [0.25, 0.3) is 0 Å². The minimum atomic E-state index is -0.417. The normalized spacial score (nSPS) is 10.0. The summed E-state index contributed by atoms with van der Waals surface area (Å²) in [4.78, 5) is 4.05. The summed E-state index contributed by atoms with van der Waals surface area (Å²) in [5.41, 5.74) is 1.56. The van der Waals surface area contributed by atoms with Gasteiger partial charge < -0.3 is 5.32 Å². The highest BCUT2D eigenvalue weighted by molar-refractivity contribution is 5.15. The summed E-state index contributed by atoms with van der Waals surface area (Å²) in [5, 5.41) is 2.95. The molecule has 0 aliphatic rings. The van der Waals surface area contributed by atoms with Crippen LogP contribution in [0.3, 0.4) is 0 Å². The molecular weight excluding hydrogens is 143 g/mol. The Kier molecular flexibility index (Phi) is 2.98. The number of nitrogens with zero attached hydrogens (tertiary/aromatic N) is 1. The van der Waals surface area contributed by atoms with Crippen molar-refractivity contribution in [3.05, 3.63) is 29.6 Å². The molecule has 0 aromatic carbocycles. The van der Waals surface area contributed by atoms with E-state index in [1.54, 1.807) is 18.3 Å². The van der Waals surface area contributed by atoms with Crippen LogP contribution in [0.4, 0.5) is 4.39 Å². The average molecular weight is 154 g/mol. The Bertz CT molecular complexity index is 225. The van der Waals surface area contributed by atoms with Gasteiger partial charge in [0.05, 0.1) is 5.69 Å². The molecule has 1 N–H and O–H groups in total. The Labute approximate surface area is 65.5 Å². The second-order valence-electron chi connectivity index (χ2n) is 2.32. The molecule has 0 saturated heterocycles. The molecule has 60 valence electrons. The monoisotopic (exact) mass is 154 g/mol. The van der Waals surface area contributed by atoms with Crippen molar-refractivity contribution in [3.8, 4) is 0 Å². The standard InChI is InChI=1S/C8H11FN2/c1-10-6-8-4-7(5-9)2-3-11-8/h2-4,10H,5-6H2,1H3. The SMILES string of the molecule is CNCc1cc(CF)ccn1. The molecule has 11 heavy (non-hydrogen) atoms. The van der Waals surface area contributed by atoms with Crippen molar-refractivity contribution >= 4 is 0 Å². The van der Waals surface area contributed by atoms with Gasteiger partial charge in [0.1, 0.15) is 6.67 Å². The third-order valence-corrected chi connectivity index (χ3v) is 1.39. The lowest BCUT2D eigenvalue weighted by Crippen LogP contribution is -2.06. The fourth-order valence-corrected chi connectivity index (χ4v) is 0.889. The van der Waals surface area contributed by atoms with Gasteiger partial charge in [0, 0.05) is 12.7 Å². The van der Waals surface area contributed by atoms with Crippen LogP contribution in [-0.2, 0) is 13.2 Å². The molecule has 3 heteroatoms. The summed E-state index contributed by atoms with van der Waals surface area (Å²) < 4.78 is 12.1. The lowest BCUT2D eigenvalue weighted by molar-refractivity contribution is 0.484. The van der Waals surface area contributed by atoms with Crippen molar-refractivity contribution in [2.24, 2.45) is 0 Å². The van der Waals surface area contributed by atoms with Gasteiger partial charge in [-0.1, -0.05) is 0 Å². The van der Waals surface area contributed by atoms with E-state index in [1.807, 2.05) is 7.05 Å². The molecule has 0 radical (unpaired) electrons. The van der Waals surface area contributed by atoms with Crippen molar-refractivity contribution in [1.82, 2.24) is 10.3 Å². The molecule has 0 unspecified atom stereocenters. The van der Waals surface area contributed by atoms with Crippen molar-refractivity contribution in [2.45, 2.75) is 13.2 Å². The zero-order valence-electron chi connectivity index (χ0n) is 6.47. The van der Waals surface area contributed by atoms with Gasteiger partial charge in [-0.15, -0.1) is 0 Å². The number of rotatable bonds is 3. The minimum Gasteiger partial charge on any atom is -0.314 e. The molecule has 0 atom stereocenters. The fourth-order valence-electron chi connectivity index (χ4n) is 0.889. The maximum absolute atomic E-state index is 12.1. The number of pyridine rings is 1. The summed E-state index contributed by atoms with van der Waals surface area (Å²) >= 11 is 0. The molecule has 1 aromatic heterocycles. The van der Waals surface area contributed by atoms with Gasteiger partial charge in [-0.2, -0.15) is 0 Å². The first-order chi connectivity index (χ1) is 5.36. The maximum Gasteiger partial charge on any atom is 0.115 e. The molecule has 0 aliphatic carbocycles. The van der Waals surface area contributed by atoms with Crippen LogP contribution in [0.1, 0.15) is 11.3 Å². The Morgan fingerprint density at radius 2 is 2.45 bits per heavy atom. The number of hydrogen-bond acceptors (Lipinski definition) is 2. The summed E-state index contributed by atoms with van der Waals surface area (Å²) in [7, 11) is 1.84. The highest BCUT2D eigenvalue weighted by Gasteiger charge is 1.94. The summed E-state index contributed by atoms with van der Waals surface area (Å²) in [5.74, 6) is 0. The van der Waals surface area contributed by atoms with Gasteiger partial charge in [-0.3, -0.25) is 4.98 Å². The molecule has 2 nitrogen and oxygen atoms in total. The highest BCUT2D eigenvalue weighted by atomic mass is 19.1. The van der Waals surface area contributed by atoms with Crippen molar-refractivity contribution < 1.29 is 4.39 Å². The third kappa shape index (κ3) is 2.27. The molecule has 0 aliphatic heterocycles. The first-order valence-electron chi connectivity index (χ1n) is 3.51. The van der Waals surface area contributed by atoms with E-state index in [0.29, 0.717) is 12.1 Å². The quantitative estimate of drug-likeness (QED) is 0.709. The smallest absolute Gasteiger partial charge is 0.115 e. The van der Waals surface area contributed by atoms with Gasteiger partial charge in [0.2, 0.25) is 0 Å². The summed E-state index contributed by atoms with van der Waals surface area (Å²) in [6.07, 6.45) is 1.63. The zero-order valence-corrected chi connectivity index (χ0v) is 6.47. The second-order valence-corrected chi connectivity index (χ2v) is 2.32. The predicted molar refractivity (Wildman–Crippen MR) is 41.8 cm³/mol. The Balaban J connectivity index is 2.74. The molecule has 1 aromatic rings. The van der Waals surface area contributed by atoms with Crippen molar-refractivity contribution in [3.63, 3.8) is 0 Å². The van der Waals surface area contributed by atoms with E-state index < -0.39 is 6.67 Å². The molecule has 0 fully saturated rings. The number of aromatic nitrogens is 1. The Morgan fingerprint density at radius 1 is 1.64 bits per heavy atom. The van der Waals surface area contributed by atoms with E-state index in [0.717, 1.165) is 5.69 Å². The van der Waals surface area contributed by atoms with Gasteiger partial charge in [0.15, 0.2) is 0 Å². The van der Waals surface area contributed by atoms with Gasteiger partial charge in [0.25, 0.3) is 0 Å². The predicted octanol–water partition coefficient (Wildman–Crippen LogP) is 1.27. The van der Waals surface area contributed by atoms with E-state index >= 15 is 0 Å². The van der Waals surface area contributed by atoms with Crippen LogP contribution in [-0.4, -0.2) is 12.0 Å². The van der Waals surface area contributed by atoms with Gasteiger partial charge in [-0.25, -0.2) is 4.39 Å². The minimum absolute atomic E-state index is 0.417. The van der Waals surface area contributed by atoms with Crippen molar-refractivity contribution in [1.29, 1.82) is 0 Å². The van der Waals surface area contributed by atoms with E-state index in [-0.39, 0.29) is 0 Å². The molecule has 1 heterocycles. The molecule has 0 bridgehead atoms. The fraction of sp³-hybridized carbons (Fsp3) is 0.375. The van der Waals surface area contributed by atoms with Gasteiger partial charge >= 0.3 is 0 Å². The van der Waals surface area contributed by atoms with E-state index in [9.17, 15) is 4.39 Å². The Hall–Kier alpha value is -0.960. The molecule has 0 spiro atoms. The molecule has 1 rings (SSSR count). The number of nitrogens with one attached hydrogen (secondary N) is 1. The lowest BCUT2D eigenvalue weighted by Gasteiger charge is -1.99.